The quantitative estimate of drug-likeness (QED) is 0.734. The standard InChI is InChI=1S/C11H9IN4S/c12-9-7-16-11(14-9)17-10(15-16)13-6-8-4-2-1-3-5-8/h1-5,7H,6H2,(H,13,15). The molecular weight excluding hydrogens is 347 g/mol. The second-order valence-electron chi connectivity index (χ2n) is 3.54. The smallest absolute Gasteiger partial charge is 0.214 e. The van der Waals surface area contributed by atoms with Gasteiger partial charge in [0, 0.05) is 6.54 Å². The van der Waals surface area contributed by atoms with Crippen LogP contribution in [0, 0.1) is 3.70 Å². The van der Waals surface area contributed by atoms with Gasteiger partial charge in [-0.15, -0.1) is 5.10 Å². The molecule has 0 atom stereocenters. The Morgan fingerprint density at radius 2 is 2.12 bits per heavy atom. The lowest BCUT2D eigenvalue weighted by atomic mass is 10.2. The van der Waals surface area contributed by atoms with Gasteiger partial charge in [0.1, 0.15) is 3.70 Å². The van der Waals surface area contributed by atoms with Crippen LogP contribution in [0.25, 0.3) is 4.96 Å². The van der Waals surface area contributed by atoms with Crippen molar-refractivity contribution < 1.29 is 0 Å². The Balaban J connectivity index is 1.75. The van der Waals surface area contributed by atoms with Crippen LogP contribution in [-0.4, -0.2) is 14.6 Å². The first-order valence-corrected chi connectivity index (χ1v) is 7.00. The maximum absolute atomic E-state index is 4.41. The van der Waals surface area contributed by atoms with Gasteiger partial charge >= 0.3 is 0 Å². The van der Waals surface area contributed by atoms with Crippen molar-refractivity contribution in [2.75, 3.05) is 5.32 Å². The van der Waals surface area contributed by atoms with E-state index in [4.69, 9.17) is 0 Å². The Morgan fingerprint density at radius 1 is 1.29 bits per heavy atom. The van der Waals surface area contributed by atoms with Crippen LogP contribution in [0.4, 0.5) is 5.13 Å². The number of benzene rings is 1. The average Bonchev–Trinajstić information content (AvgIpc) is 2.84. The molecule has 0 bridgehead atoms. The van der Waals surface area contributed by atoms with Crippen molar-refractivity contribution in [1.29, 1.82) is 0 Å². The molecule has 0 unspecified atom stereocenters. The van der Waals surface area contributed by atoms with E-state index in [9.17, 15) is 0 Å². The number of nitrogens with one attached hydrogen (secondary N) is 1. The fourth-order valence-electron chi connectivity index (χ4n) is 1.52. The van der Waals surface area contributed by atoms with Gasteiger partial charge in [0.15, 0.2) is 0 Å². The fraction of sp³-hybridized carbons (Fsp3) is 0.0909. The molecule has 2 aromatic heterocycles. The van der Waals surface area contributed by atoms with Gasteiger partial charge in [0.05, 0.1) is 6.20 Å². The first-order valence-electron chi connectivity index (χ1n) is 5.11. The predicted octanol–water partition coefficient (Wildman–Crippen LogP) is 3.01. The van der Waals surface area contributed by atoms with E-state index < -0.39 is 0 Å². The number of hydrogen-bond acceptors (Lipinski definition) is 4. The minimum Gasteiger partial charge on any atom is -0.356 e. The third kappa shape index (κ3) is 2.42. The molecule has 4 nitrogen and oxygen atoms in total. The summed E-state index contributed by atoms with van der Waals surface area (Å²) in [5, 5.41) is 8.60. The molecule has 0 aliphatic carbocycles. The molecule has 1 N–H and O–H groups in total. The number of anilines is 1. The maximum Gasteiger partial charge on any atom is 0.214 e. The number of halogens is 1. The van der Waals surface area contributed by atoms with Gasteiger partial charge < -0.3 is 5.32 Å². The SMILES string of the molecule is Ic1cn2nc(NCc3ccccc3)sc2n1. The molecule has 0 aliphatic rings. The molecule has 0 radical (unpaired) electrons. The minimum absolute atomic E-state index is 0.786. The number of imidazole rings is 1. The second-order valence-corrected chi connectivity index (χ2v) is 5.60. The van der Waals surface area contributed by atoms with Crippen LogP contribution in [0.2, 0.25) is 0 Å². The van der Waals surface area contributed by atoms with Gasteiger partial charge in [0.2, 0.25) is 10.1 Å². The lowest BCUT2D eigenvalue weighted by Gasteiger charge is -2.00. The van der Waals surface area contributed by atoms with Gasteiger partial charge in [-0.3, -0.25) is 0 Å². The normalized spacial score (nSPS) is 10.9. The Bertz CT molecular complexity index is 600. The molecule has 0 aliphatic heterocycles. The molecule has 0 amide bonds. The summed E-state index contributed by atoms with van der Waals surface area (Å²) in [4.78, 5) is 5.28. The highest BCUT2D eigenvalue weighted by Gasteiger charge is 2.05. The summed E-state index contributed by atoms with van der Waals surface area (Å²) in [6.07, 6.45) is 1.92. The molecule has 3 rings (SSSR count). The second kappa shape index (κ2) is 4.61. The van der Waals surface area contributed by atoms with Gasteiger partial charge in [-0.25, -0.2) is 9.50 Å². The predicted molar refractivity (Wildman–Crippen MR) is 77.3 cm³/mol. The minimum atomic E-state index is 0.786. The largest absolute Gasteiger partial charge is 0.356 e. The highest BCUT2D eigenvalue weighted by Crippen LogP contribution is 2.20. The Kier molecular flexibility index (Phi) is 2.98. The molecule has 0 saturated heterocycles. The molecule has 0 fully saturated rings. The van der Waals surface area contributed by atoms with Crippen LogP contribution in [0.3, 0.4) is 0 Å². The van der Waals surface area contributed by atoms with Crippen LogP contribution in [0.15, 0.2) is 36.5 Å². The van der Waals surface area contributed by atoms with Crippen molar-refractivity contribution in [2.45, 2.75) is 6.54 Å². The summed E-state index contributed by atoms with van der Waals surface area (Å²) < 4.78 is 2.77. The molecule has 86 valence electrons. The Morgan fingerprint density at radius 3 is 2.88 bits per heavy atom. The van der Waals surface area contributed by atoms with E-state index in [0.29, 0.717) is 0 Å². The van der Waals surface area contributed by atoms with Crippen LogP contribution in [0.1, 0.15) is 5.56 Å². The average molecular weight is 356 g/mol. The van der Waals surface area contributed by atoms with Crippen molar-refractivity contribution in [2.24, 2.45) is 0 Å². The van der Waals surface area contributed by atoms with Crippen LogP contribution < -0.4 is 5.32 Å². The van der Waals surface area contributed by atoms with Crippen LogP contribution in [-0.2, 0) is 6.54 Å². The van der Waals surface area contributed by atoms with Gasteiger partial charge in [-0.1, -0.05) is 41.7 Å². The molecule has 1 aromatic carbocycles. The van der Waals surface area contributed by atoms with E-state index in [2.05, 4.69) is 50.1 Å². The maximum atomic E-state index is 4.41. The van der Waals surface area contributed by atoms with Crippen molar-refractivity contribution in [1.82, 2.24) is 14.6 Å². The van der Waals surface area contributed by atoms with Crippen molar-refractivity contribution in [3.8, 4) is 0 Å². The summed E-state index contributed by atoms with van der Waals surface area (Å²) in [5.74, 6) is 0. The molecule has 17 heavy (non-hydrogen) atoms. The van der Waals surface area contributed by atoms with E-state index in [1.54, 1.807) is 15.9 Å². The van der Waals surface area contributed by atoms with E-state index in [1.807, 2.05) is 24.4 Å². The molecule has 2 heterocycles. The molecule has 0 spiro atoms. The number of nitrogens with zero attached hydrogens (tertiary/aromatic N) is 3. The molecular formula is C11H9IN4S. The first kappa shape index (κ1) is 11.0. The highest BCUT2D eigenvalue weighted by molar-refractivity contribution is 14.1. The summed E-state index contributed by atoms with van der Waals surface area (Å²) in [6, 6.07) is 10.3. The van der Waals surface area contributed by atoms with E-state index in [-0.39, 0.29) is 0 Å². The zero-order valence-electron chi connectivity index (χ0n) is 8.80. The van der Waals surface area contributed by atoms with Gasteiger partial charge in [0.25, 0.3) is 0 Å². The van der Waals surface area contributed by atoms with Gasteiger partial charge in [-0.2, -0.15) is 0 Å². The van der Waals surface area contributed by atoms with E-state index in [0.717, 1.165) is 20.3 Å². The first-order chi connectivity index (χ1) is 8.31. The number of hydrogen-bond donors (Lipinski definition) is 1. The van der Waals surface area contributed by atoms with Gasteiger partial charge in [-0.05, 0) is 28.2 Å². The topological polar surface area (TPSA) is 42.2 Å². The summed E-state index contributed by atoms with van der Waals surface area (Å²) in [7, 11) is 0. The summed E-state index contributed by atoms with van der Waals surface area (Å²) in [6.45, 7) is 0.786. The number of fused-ring (bicyclic) bond motifs is 1. The zero-order chi connectivity index (χ0) is 11.7. The summed E-state index contributed by atoms with van der Waals surface area (Å²) >= 11 is 3.75. The van der Waals surface area contributed by atoms with Crippen molar-refractivity contribution in [3.05, 3.63) is 45.8 Å². The van der Waals surface area contributed by atoms with Crippen molar-refractivity contribution in [3.63, 3.8) is 0 Å². The van der Waals surface area contributed by atoms with Crippen LogP contribution in [0.5, 0.6) is 0 Å². The van der Waals surface area contributed by atoms with E-state index in [1.165, 1.54) is 5.56 Å². The molecule has 0 saturated carbocycles. The molecule has 6 heteroatoms. The van der Waals surface area contributed by atoms with Crippen molar-refractivity contribution >= 4 is 44.0 Å². The number of aromatic nitrogens is 3. The Hall–Kier alpha value is -1.15. The third-order valence-corrected chi connectivity index (χ3v) is 3.70. The lowest BCUT2D eigenvalue weighted by molar-refractivity contribution is 0.960. The van der Waals surface area contributed by atoms with Crippen LogP contribution >= 0.6 is 33.9 Å². The lowest BCUT2D eigenvalue weighted by Crippen LogP contribution is -1.99. The fourth-order valence-corrected chi connectivity index (χ4v) is 2.95. The number of rotatable bonds is 3. The third-order valence-electron chi connectivity index (χ3n) is 2.30. The monoisotopic (exact) mass is 356 g/mol. The molecule has 3 aromatic rings. The van der Waals surface area contributed by atoms with E-state index >= 15 is 0 Å². The summed E-state index contributed by atoms with van der Waals surface area (Å²) in [5.41, 5.74) is 1.25. The zero-order valence-corrected chi connectivity index (χ0v) is 11.8. The highest BCUT2D eigenvalue weighted by atomic mass is 127. The Labute approximate surface area is 116 Å².